The van der Waals surface area contributed by atoms with Gasteiger partial charge in [0.1, 0.15) is 0 Å². The van der Waals surface area contributed by atoms with Crippen LogP contribution < -0.4 is 26.0 Å². The molecule has 2 aromatic carbocycles. The van der Waals surface area contributed by atoms with Gasteiger partial charge < -0.3 is 39.9 Å². The van der Waals surface area contributed by atoms with Crippen molar-refractivity contribution < 1.29 is 64.4 Å². The molecule has 0 aliphatic rings. The normalized spacial score (nSPS) is 11.0. The smallest absolute Gasteiger partial charge is 0.549 e. The minimum Gasteiger partial charge on any atom is -0.549 e. The number of amides is 2. The van der Waals surface area contributed by atoms with E-state index in [4.69, 9.17) is 14.6 Å². The zero-order chi connectivity index (χ0) is 29.5. The fourth-order valence-corrected chi connectivity index (χ4v) is 3.86. The molecular formula is C25H30CuN4O10S. The Kier molecular flexibility index (Phi) is 15.8. The number of hydrogen-bond donors (Lipinski definition) is 3. The summed E-state index contributed by atoms with van der Waals surface area (Å²) in [5.74, 6) is -3.56. The number of carboxylic acids is 2. The number of sulfonamides is 1. The average molecular weight is 642 g/mol. The quantitative estimate of drug-likeness (QED) is 0.109. The zero-order valence-electron chi connectivity index (χ0n) is 21.8. The molecule has 16 heteroatoms. The minimum absolute atomic E-state index is 0. The molecule has 0 aliphatic heterocycles. The molecule has 0 heterocycles. The fraction of sp³-hybridized carbons (Fsp3) is 0.360. The number of aliphatic carboxylic acids is 2. The van der Waals surface area contributed by atoms with Crippen molar-refractivity contribution in [2.75, 3.05) is 52.6 Å². The number of nitrogens with zero attached hydrogens (tertiary/aromatic N) is 1. The topological polar surface area (TPSA) is 220 Å². The van der Waals surface area contributed by atoms with Crippen molar-refractivity contribution in [2.45, 2.75) is 11.4 Å². The van der Waals surface area contributed by atoms with Gasteiger partial charge in [-0.05, 0) is 42.0 Å². The number of nitrogens with two attached hydrogens (primary N) is 1. The molecule has 14 nitrogen and oxygen atoms in total. The maximum Gasteiger partial charge on any atom is 2.00 e. The van der Waals surface area contributed by atoms with E-state index < -0.39 is 35.1 Å². The van der Waals surface area contributed by atoms with Crippen LogP contribution in [0.1, 0.15) is 26.3 Å². The Labute approximate surface area is 247 Å². The monoisotopic (exact) mass is 641 g/mol. The summed E-state index contributed by atoms with van der Waals surface area (Å²) < 4.78 is 33.2. The van der Waals surface area contributed by atoms with E-state index in [9.17, 15) is 37.8 Å². The predicted molar refractivity (Wildman–Crippen MR) is 136 cm³/mol. The molecule has 0 atom stereocenters. The van der Waals surface area contributed by atoms with Crippen molar-refractivity contribution in [3.8, 4) is 0 Å². The Bertz CT molecular complexity index is 1240. The van der Waals surface area contributed by atoms with Crippen molar-refractivity contribution in [1.82, 2.24) is 15.5 Å². The van der Waals surface area contributed by atoms with Gasteiger partial charge >= 0.3 is 17.1 Å². The third-order valence-corrected chi connectivity index (χ3v) is 6.14. The molecule has 227 valence electrons. The van der Waals surface area contributed by atoms with Crippen molar-refractivity contribution in [3.05, 3.63) is 65.2 Å². The van der Waals surface area contributed by atoms with Crippen LogP contribution in [-0.4, -0.2) is 89.7 Å². The van der Waals surface area contributed by atoms with Crippen LogP contribution in [0.15, 0.2) is 53.4 Å². The molecule has 0 unspecified atom stereocenters. The molecule has 0 bridgehead atoms. The second kappa shape index (κ2) is 18.1. The number of rotatable bonds is 18. The number of benzene rings is 2. The van der Waals surface area contributed by atoms with Crippen molar-refractivity contribution in [1.29, 1.82) is 0 Å². The molecule has 0 aliphatic carbocycles. The largest absolute Gasteiger partial charge is 2.00 e. The van der Waals surface area contributed by atoms with E-state index in [-0.39, 0.29) is 85.4 Å². The first-order chi connectivity index (χ1) is 19.0. The number of primary sulfonamides is 1. The molecule has 2 aromatic rings. The maximum absolute atomic E-state index is 12.3. The molecule has 0 saturated carbocycles. The van der Waals surface area contributed by atoms with E-state index in [0.29, 0.717) is 11.1 Å². The molecular weight excluding hydrogens is 612 g/mol. The summed E-state index contributed by atoms with van der Waals surface area (Å²) in [7, 11) is -3.83. The Morgan fingerprint density at radius 1 is 0.732 bits per heavy atom. The first-order valence-corrected chi connectivity index (χ1v) is 13.6. The van der Waals surface area contributed by atoms with Crippen LogP contribution >= 0.6 is 0 Å². The van der Waals surface area contributed by atoms with E-state index in [1.807, 2.05) is 0 Å². The average Bonchev–Trinajstić information content (AvgIpc) is 2.88. The molecule has 2 amide bonds. The summed E-state index contributed by atoms with van der Waals surface area (Å²) in [5.41, 5.74) is 1.25. The molecule has 0 aromatic heterocycles. The van der Waals surface area contributed by atoms with Crippen LogP contribution in [-0.2, 0) is 52.7 Å². The van der Waals surface area contributed by atoms with Crippen molar-refractivity contribution >= 4 is 33.8 Å². The SMILES string of the molecule is NS(=O)(=O)c1ccc(C(=O)NCCOCCOCCNC(=O)c2ccc(CN(CC(=O)[O-])CC(=O)[O-])cc2)cc1.[Cu+2]. The predicted octanol–water partition coefficient (Wildman–Crippen LogP) is -3.17. The second-order valence-electron chi connectivity index (χ2n) is 8.39. The molecule has 41 heavy (non-hydrogen) atoms. The number of carboxylic acid groups (broad SMARTS) is 2. The third-order valence-electron chi connectivity index (χ3n) is 5.21. The number of nitrogens with one attached hydrogen (secondary N) is 2. The second-order valence-corrected chi connectivity index (χ2v) is 9.95. The fourth-order valence-electron chi connectivity index (χ4n) is 3.35. The van der Waals surface area contributed by atoms with Gasteiger partial charge in [-0.3, -0.25) is 14.5 Å². The standard InChI is InChI=1S/C25H32N4O10S.Cu/c26-40(36,37)21-7-5-20(6-8-21)25(35)28-10-12-39-14-13-38-11-9-27-24(34)19-3-1-18(2-4-19)15-29(16-22(30)31)17-23(32)33;/h1-8H,9-17H2,(H,27,34)(H,28,35)(H,30,31)(H,32,33)(H2,26,36,37);/q;+2/p-2. The van der Waals surface area contributed by atoms with Gasteiger partial charge in [-0.25, -0.2) is 13.6 Å². The summed E-state index contributed by atoms with van der Waals surface area (Å²) >= 11 is 0. The summed E-state index contributed by atoms with van der Waals surface area (Å²) in [6.45, 7) is 0.365. The van der Waals surface area contributed by atoms with Crippen molar-refractivity contribution in [3.63, 3.8) is 0 Å². The molecule has 2 rings (SSSR count). The van der Waals surface area contributed by atoms with Crippen LogP contribution in [0.2, 0.25) is 0 Å². The maximum atomic E-state index is 12.3. The summed E-state index contributed by atoms with van der Waals surface area (Å²) in [6, 6.07) is 11.5. The Hall–Kier alpha value is -3.37. The minimum atomic E-state index is -3.83. The summed E-state index contributed by atoms with van der Waals surface area (Å²) in [6.07, 6.45) is 0. The molecule has 0 spiro atoms. The van der Waals surface area contributed by atoms with Crippen LogP contribution in [0, 0.1) is 0 Å². The number of hydrogen-bond acceptors (Lipinski definition) is 11. The van der Waals surface area contributed by atoms with Crippen molar-refractivity contribution in [2.24, 2.45) is 5.14 Å². The first kappa shape index (κ1) is 35.7. The van der Waals surface area contributed by atoms with Gasteiger partial charge in [0.05, 0.1) is 43.3 Å². The summed E-state index contributed by atoms with van der Waals surface area (Å²) in [5, 5.41) is 31.9. The van der Waals surface area contributed by atoms with Gasteiger partial charge in [-0.2, -0.15) is 0 Å². The molecule has 4 N–H and O–H groups in total. The first-order valence-electron chi connectivity index (χ1n) is 12.0. The number of carbonyl (C=O) groups is 4. The van der Waals surface area contributed by atoms with E-state index >= 15 is 0 Å². The Morgan fingerprint density at radius 3 is 1.54 bits per heavy atom. The molecule has 0 saturated heterocycles. The van der Waals surface area contributed by atoms with Gasteiger partial charge in [0, 0.05) is 43.9 Å². The number of ether oxygens (including phenoxy) is 2. The van der Waals surface area contributed by atoms with Gasteiger partial charge in [0.2, 0.25) is 10.0 Å². The van der Waals surface area contributed by atoms with Crippen LogP contribution in [0.25, 0.3) is 0 Å². The van der Waals surface area contributed by atoms with Gasteiger partial charge in [-0.15, -0.1) is 0 Å². The van der Waals surface area contributed by atoms with E-state index in [1.165, 1.54) is 36.4 Å². The van der Waals surface area contributed by atoms with E-state index in [0.717, 1.165) is 4.90 Å². The number of carbonyl (C=O) groups excluding carboxylic acids is 4. The third kappa shape index (κ3) is 14.2. The van der Waals surface area contributed by atoms with Crippen LogP contribution in [0.5, 0.6) is 0 Å². The van der Waals surface area contributed by atoms with Crippen LogP contribution in [0.4, 0.5) is 0 Å². The molecule has 1 radical (unpaired) electrons. The Balaban J connectivity index is 0.00000840. The van der Waals surface area contributed by atoms with E-state index in [2.05, 4.69) is 10.6 Å². The van der Waals surface area contributed by atoms with E-state index in [1.54, 1.807) is 12.1 Å². The zero-order valence-corrected chi connectivity index (χ0v) is 23.6. The summed E-state index contributed by atoms with van der Waals surface area (Å²) in [4.78, 5) is 46.9. The Morgan fingerprint density at radius 2 is 1.15 bits per heavy atom. The van der Waals surface area contributed by atoms with Gasteiger partial charge in [-0.1, -0.05) is 12.1 Å². The van der Waals surface area contributed by atoms with Gasteiger partial charge in [0.15, 0.2) is 0 Å². The van der Waals surface area contributed by atoms with Crippen LogP contribution in [0.3, 0.4) is 0 Å². The molecule has 0 fully saturated rings. The van der Waals surface area contributed by atoms with Gasteiger partial charge in [0.25, 0.3) is 11.8 Å².